The van der Waals surface area contributed by atoms with Crippen LogP contribution in [-0.2, 0) is 4.79 Å². The Morgan fingerprint density at radius 3 is 2.47 bits per heavy atom. The fraction of sp³-hybridized carbons (Fsp3) is 0.545. The third-order valence-electron chi connectivity index (χ3n) is 2.56. The van der Waals surface area contributed by atoms with Crippen molar-refractivity contribution in [1.29, 1.82) is 0 Å². The van der Waals surface area contributed by atoms with Crippen molar-refractivity contribution in [2.24, 2.45) is 0 Å². The first kappa shape index (κ1) is 13.6. The summed E-state index contributed by atoms with van der Waals surface area (Å²) in [6.45, 7) is 6.99. The van der Waals surface area contributed by atoms with E-state index < -0.39 is 5.97 Å². The molecule has 0 aromatic carbocycles. The monoisotopic (exact) mass is 256 g/mol. The number of carboxylic acid groups (broad SMARTS) is 1. The number of nitrogens with zero attached hydrogens (tertiary/aromatic N) is 2. The Kier molecular flexibility index (Phi) is 4.22. The number of aromatic nitrogens is 1. The van der Waals surface area contributed by atoms with Crippen LogP contribution in [0.15, 0.2) is 0 Å². The standard InChI is InChI=1S/C11H16N2O3S/c1-5-6(2)13(8(4)14)11-12-7(3)9(17-11)10(15)16/h6H,5H2,1-4H3,(H,15,16). The molecule has 0 aliphatic rings. The molecular formula is C11H16N2O3S. The predicted octanol–water partition coefficient (Wildman–Crippen LogP) is 2.30. The zero-order chi connectivity index (χ0) is 13.2. The normalized spacial score (nSPS) is 12.2. The van der Waals surface area contributed by atoms with Crippen LogP contribution < -0.4 is 4.90 Å². The van der Waals surface area contributed by atoms with Gasteiger partial charge < -0.3 is 5.11 Å². The van der Waals surface area contributed by atoms with Gasteiger partial charge in [-0.05, 0) is 20.3 Å². The molecule has 5 nitrogen and oxygen atoms in total. The number of aryl methyl sites for hydroxylation is 1. The first-order valence-electron chi connectivity index (χ1n) is 5.39. The summed E-state index contributed by atoms with van der Waals surface area (Å²) < 4.78 is 0. The summed E-state index contributed by atoms with van der Waals surface area (Å²) in [5, 5.41) is 9.42. The maximum atomic E-state index is 11.6. The molecule has 17 heavy (non-hydrogen) atoms. The molecule has 1 N–H and O–H groups in total. The summed E-state index contributed by atoms with van der Waals surface area (Å²) >= 11 is 1.04. The van der Waals surface area contributed by atoms with Gasteiger partial charge in [0.1, 0.15) is 4.88 Å². The molecule has 0 aliphatic heterocycles. The second-order valence-corrected chi connectivity index (χ2v) is 4.84. The van der Waals surface area contributed by atoms with Crippen molar-refractivity contribution in [1.82, 2.24) is 4.98 Å². The first-order valence-corrected chi connectivity index (χ1v) is 6.20. The van der Waals surface area contributed by atoms with E-state index in [0.29, 0.717) is 10.8 Å². The Morgan fingerprint density at radius 1 is 1.53 bits per heavy atom. The van der Waals surface area contributed by atoms with E-state index in [4.69, 9.17) is 5.11 Å². The van der Waals surface area contributed by atoms with Crippen molar-refractivity contribution in [2.45, 2.75) is 40.2 Å². The SMILES string of the molecule is CCC(C)N(C(C)=O)c1nc(C)c(C(=O)O)s1. The molecule has 1 unspecified atom stereocenters. The van der Waals surface area contributed by atoms with Gasteiger partial charge >= 0.3 is 5.97 Å². The molecule has 0 saturated carbocycles. The second kappa shape index (κ2) is 5.27. The first-order chi connectivity index (χ1) is 7.88. The summed E-state index contributed by atoms with van der Waals surface area (Å²) in [6, 6.07) is 0.0136. The Hall–Kier alpha value is -1.43. The zero-order valence-corrected chi connectivity index (χ0v) is 11.2. The van der Waals surface area contributed by atoms with Gasteiger partial charge in [-0.3, -0.25) is 9.69 Å². The lowest BCUT2D eigenvalue weighted by atomic mass is 10.2. The molecular weight excluding hydrogens is 240 g/mol. The number of carbonyl (C=O) groups is 2. The lowest BCUT2D eigenvalue weighted by molar-refractivity contribution is -0.117. The second-order valence-electron chi connectivity index (χ2n) is 3.86. The maximum absolute atomic E-state index is 11.6. The van der Waals surface area contributed by atoms with Crippen LogP contribution in [0.2, 0.25) is 0 Å². The summed E-state index contributed by atoms with van der Waals surface area (Å²) in [5.41, 5.74) is 0.451. The minimum absolute atomic E-state index is 0.0136. The summed E-state index contributed by atoms with van der Waals surface area (Å²) in [5.74, 6) is -1.12. The lowest BCUT2D eigenvalue weighted by Crippen LogP contribution is -2.36. The van der Waals surface area contributed by atoms with Gasteiger partial charge in [-0.1, -0.05) is 18.3 Å². The number of rotatable bonds is 4. The smallest absolute Gasteiger partial charge is 0.347 e. The maximum Gasteiger partial charge on any atom is 0.347 e. The van der Waals surface area contributed by atoms with Gasteiger partial charge in [0.05, 0.1) is 5.69 Å². The van der Waals surface area contributed by atoms with Gasteiger partial charge in [0.2, 0.25) is 5.91 Å². The van der Waals surface area contributed by atoms with E-state index in [1.807, 2.05) is 13.8 Å². The molecule has 1 rings (SSSR count). The topological polar surface area (TPSA) is 70.5 Å². The Bertz CT molecular complexity index is 442. The largest absolute Gasteiger partial charge is 0.477 e. The van der Waals surface area contributed by atoms with Crippen LogP contribution in [0.4, 0.5) is 5.13 Å². The number of amides is 1. The van der Waals surface area contributed by atoms with Crippen molar-refractivity contribution < 1.29 is 14.7 Å². The molecule has 0 saturated heterocycles. The number of carbonyl (C=O) groups excluding carboxylic acids is 1. The minimum atomic E-state index is -1.00. The Morgan fingerprint density at radius 2 is 2.12 bits per heavy atom. The van der Waals surface area contributed by atoms with Crippen LogP contribution in [0.25, 0.3) is 0 Å². The summed E-state index contributed by atoms with van der Waals surface area (Å²) in [7, 11) is 0. The highest BCUT2D eigenvalue weighted by atomic mass is 32.1. The number of aromatic carboxylic acids is 1. The van der Waals surface area contributed by atoms with Crippen LogP contribution >= 0.6 is 11.3 Å². The summed E-state index contributed by atoms with van der Waals surface area (Å²) in [6.07, 6.45) is 0.792. The van der Waals surface area contributed by atoms with Crippen molar-refractivity contribution in [3.05, 3.63) is 10.6 Å². The Labute approximate surface area is 104 Å². The number of thiazole rings is 1. The van der Waals surface area contributed by atoms with E-state index in [9.17, 15) is 9.59 Å². The highest BCUT2D eigenvalue weighted by Gasteiger charge is 2.23. The quantitative estimate of drug-likeness (QED) is 0.897. The molecule has 0 fully saturated rings. The van der Waals surface area contributed by atoms with Crippen molar-refractivity contribution in [3.8, 4) is 0 Å². The molecule has 1 aromatic rings. The number of carboxylic acids is 1. The van der Waals surface area contributed by atoms with E-state index >= 15 is 0 Å². The molecule has 0 spiro atoms. The zero-order valence-electron chi connectivity index (χ0n) is 10.4. The van der Waals surface area contributed by atoms with Crippen LogP contribution in [0, 0.1) is 6.92 Å². The molecule has 0 aliphatic carbocycles. The van der Waals surface area contributed by atoms with Crippen molar-refractivity contribution >= 4 is 28.3 Å². The van der Waals surface area contributed by atoms with Crippen molar-refractivity contribution in [3.63, 3.8) is 0 Å². The lowest BCUT2D eigenvalue weighted by Gasteiger charge is -2.24. The molecule has 1 heterocycles. The minimum Gasteiger partial charge on any atom is -0.477 e. The Balaban J connectivity index is 3.16. The van der Waals surface area contributed by atoms with E-state index in [-0.39, 0.29) is 16.8 Å². The van der Waals surface area contributed by atoms with Crippen LogP contribution in [-0.4, -0.2) is 28.0 Å². The fourth-order valence-corrected chi connectivity index (χ4v) is 2.55. The van der Waals surface area contributed by atoms with Crippen LogP contribution in [0.5, 0.6) is 0 Å². The third kappa shape index (κ3) is 2.82. The van der Waals surface area contributed by atoms with Crippen LogP contribution in [0.1, 0.15) is 42.6 Å². The predicted molar refractivity (Wildman–Crippen MR) is 66.7 cm³/mol. The molecule has 1 amide bonds. The number of hydrogen-bond donors (Lipinski definition) is 1. The van der Waals surface area contributed by atoms with Gasteiger partial charge in [0.25, 0.3) is 0 Å². The average molecular weight is 256 g/mol. The third-order valence-corrected chi connectivity index (χ3v) is 3.70. The molecule has 6 heteroatoms. The fourth-order valence-electron chi connectivity index (χ4n) is 1.50. The summed E-state index contributed by atoms with van der Waals surface area (Å²) in [4.78, 5) is 28.4. The highest BCUT2D eigenvalue weighted by Crippen LogP contribution is 2.28. The number of anilines is 1. The van der Waals surface area contributed by atoms with Gasteiger partial charge in [-0.2, -0.15) is 0 Å². The van der Waals surface area contributed by atoms with E-state index in [1.165, 1.54) is 6.92 Å². The van der Waals surface area contributed by atoms with Gasteiger partial charge in [0, 0.05) is 13.0 Å². The molecule has 0 bridgehead atoms. The molecule has 0 radical (unpaired) electrons. The van der Waals surface area contributed by atoms with Gasteiger partial charge in [0.15, 0.2) is 5.13 Å². The van der Waals surface area contributed by atoms with Gasteiger partial charge in [-0.15, -0.1) is 0 Å². The van der Waals surface area contributed by atoms with Crippen LogP contribution in [0.3, 0.4) is 0 Å². The van der Waals surface area contributed by atoms with E-state index in [2.05, 4.69) is 4.98 Å². The van der Waals surface area contributed by atoms with Crippen molar-refractivity contribution in [2.75, 3.05) is 4.90 Å². The van der Waals surface area contributed by atoms with Gasteiger partial charge in [-0.25, -0.2) is 9.78 Å². The van der Waals surface area contributed by atoms with E-state index in [1.54, 1.807) is 11.8 Å². The average Bonchev–Trinajstić information content (AvgIpc) is 2.59. The molecule has 1 atom stereocenters. The molecule has 94 valence electrons. The number of hydrogen-bond acceptors (Lipinski definition) is 4. The molecule has 1 aromatic heterocycles. The highest BCUT2D eigenvalue weighted by molar-refractivity contribution is 7.17. The van der Waals surface area contributed by atoms with E-state index in [0.717, 1.165) is 17.8 Å².